The minimum absolute atomic E-state index is 0.0132. The third-order valence-corrected chi connectivity index (χ3v) is 12.2. The molecule has 0 radical (unpaired) electrons. The normalized spacial score (nSPS) is 42.0. The Morgan fingerprint density at radius 2 is 1.79 bits per heavy atom. The van der Waals surface area contributed by atoms with Crippen LogP contribution >= 0.6 is 0 Å². The van der Waals surface area contributed by atoms with Gasteiger partial charge in [-0.15, -0.1) is 0 Å². The van der Waals surface area contributed by atoms with Crippen molar-refractivity contribution in [1.29, 1.82) is 0 Å². The summed E-state index contributed by atoms with van der Waals surface area (Å²) in [5.41, 5.74) is 2.51. The lowest BCUT2D eigenvalue weighted by atomic mass is 9.51. The van der Waals surface area contributed by atoms with Gasteiger partial charge in [-0.2, -0.15) is 0 Å². The summed E-state index contributed by atoms with van der Waals surface area (Å²) >= 11 is 0. The first-order valence-corrected chi connectivity index (χ1v) is 16.4. The van der Waals surface area contributed by atoms with Crippen LogP contribution in [0, 0.1) is 34.0 Å². The fourth-order valence-electron chi connectivity index (χ4n) is 9.83. The first-order valence-electron chi connectivity index (χ1n) is 16.4. The van der Waals surface area contributed by atoms with E-state index in [1.807, 2.05) is 6.92 Å². The predicted octanol–water partition coefficient (Wildman–Crippen LogP) is 4.42. The molecule has 43 heavy (non-hydrogen) atoms. The van der Waals surface area contributed by atoms with E-state index in [0.717, 1.165) is 38.5 Å². The zero-order valence-corrected chi connectivity index (χ0v) is 27.2. The molecule has 5 rings (SSSR count). The first-order chi connectivity index (χ1) is 19.9. The molecular weight excluding hydrogens is 548 g/mol. The molecule has 8 nitrogen and oxygen atoms in total. The van der Waals surface area contributed by atoms with Crippen LogP contribution in [0.4, 0.5) is 0 Å². The van der Waals surface area contributed by atoms with E-state index in [-0.39, 0.29) is 64.7 Å². The summed E-state index contributed by atoms with van der Waals surface area (Å²) in [6.45, 7) is 14.3. The summed E-state index contributed by atoms with van der Waals surface area (Å²) < 4.78 is 11.9. The molecule has 1 saturated heterocycles. The van der Waals surface area contributed by atoms with E-state index in [4.69, 9.17) is 9.47 Å². The van der Waals surface area contributed by atoms with Gasteiger partial charge in [0.2, 0.25) is 0 Å². The number of hydrogen-bond acceptors (Lipinski definition) is 8. The average Bonchev–Trinajstić information content (AvgIpc) is 2.99. The largest absolute Gasteiger partial charge is 0.390 e. The highest BCUT2D eigenvalue weighted by atomic mass is 16.7. The molecular formula is C35H54O8. The van der Waals surface area contributed by atoms with Crippen molar-refractivity contribution >= 4 is 11.6 Å². The number of hydrogen-bond donors (Lipinski definition) is 4. The minimum atomic E-state index is -1.31. The molecule has 1 saturated carbocycles. The van der Waals surface area contributed by atoms with Crippen molar-refractivity contribution < 1.29 is 39.5 Å². The molecule has 242 valence electrons. The lowest BCUT2D eigenvalue weighted by molar-refractivity contribution is -0.291. The molecule has 0 aromatic heterocycles. The average molecular weight is 603 g/mol. The molecule has 5 aliphatic rings. The second-order valence-electron chi connectivity index (χ2n) is 16.1. The third-order valence-electron chi connectivity index (χ3n) is 12.2. The van der Waals surface area contributed by atoms with Gasteiger partial charge < -0.3 is 29.9 Å². The molecule has 8 heteroatoms. The maximum Gasteiger partial charge on any atom is 0.186 e. The number of aliphatic hydroxyl groups excluding tert-OH is 3. The van der Waals surface area contributed by atoms with Crippen molar-refractivity contribution in [2.24, 2.45) is 34.0 Å². The van der Waals surface area contributed by atoms with Gasteiger partial charge in [0.25, 0.3) is 0 Å². The highest BCUT2D eigenvalue weighted by Crippen LogP contribution is 2.68. The van der Waals surface area contributed by atoms with Gasteiger partial charge in [0.05, 0.1) is 18.3 Å². The Morgan fingerprint density at radius 1 is 1.09 bits per heavy atom. The zero-order chi connectivity index (χ0) is 31.7. The fourth-order valence-corrected chi connectivity index (χ4v) is 9.83. The van der Waals surface area contributed by atoms with Gasteiger partial charge in [0.15, 0.2) is 6.29 Å². The second-order valence-corrected chi connectivity index (χ2v) is 16.1. The van der Waals surface area contributed by atoms with Crippen LogP contribution in [0.5, 0.6) is 0 Å². The number of Topliss-reactive ketones (excluding diaryl/α,β-unsaturated/α-hetero) is 2. The number of ketones is 2. The molecule has 0 amide bonds. The summed E-state index contributed by atoms with van der Waals surface area (Å²) in [6, 6.07) is 0. The Hall–Kier alpha value is -1.42. The van der Waals surface area contributed by atoms with E-state index < -0.39 is 30.2 Å². The molecule has 0 spiro atoms. The van der Waals surface area contributed by atoms with Crippen molar-refractivity contribution in [2.75, 3.05) is 6.61 Å². The van der Waals surface area contributed by atoms with E-state index in [0.29, 0.717) is 12.8 Å². The van der Waals surface area contributed by atoms with Gasteiger partial charge in [0.1, 0.15) is 29.9 Å². The van der Waals surface area contributed by atoms with E-state index in [1.165, 1.54) is 16.7 Å². The van der Waals surface area contributed by atoms with Crippen LogP contribution in [0.3, 0.4) is 0 Å². The van der Waals surface area contributed by atoms with Crippen LogP contribution in [-0.4, -0.2) is 74.9 Å². The summed E-state index contributed by atoms with van der Waals surface area (Å²) in [4.78, 5) is 26.6. The molecule has 1 heterocycles. The number of carbonyl (C=O) groups excluding carboxylic acids is 2. The standard InChI is InChI=1S/C35H54O8/c1-19(14-22(36)16-32(2,3)41)28-25(37)17-35(7)24-10-9-23-20(15-21(24)12-13-34(28,35)6)8-11-27(33(23,4)5)43-31-30(40)29(39)26(38)18-42-31/h12,19,24,26-31,38-41H,8-11,13-18H2,1-7H3. The van der Waals surface area contributed by atoms with Gasteiger partial charge in [-0.05, 0) is 75.0 Å². The molecule has 0 bridgehead atoms. The number of allylic oxidation sites excluding steroid dienone is 3. The number of aliphatic hydroxyl groups is 4. The Labute approximate surface area is 256 Å². The van der Waals surface area contributed by atoms with E-state index >= 15 is 0 Å². The van der Waals surface area contributed by atoms with Gasteiger partial charge in [-0.3, -0.25) is 9.59 Å². The number of carbonyl (C=O) groups is 2. The Bertz CT molecular complexity index is 1180. The Balaban J connectivity index is 1.34. The van der Waals surface area contributed by atoms with Crippen molar-refractivity contribution in [3.63, 3.8) is 0 Å². The number of ether oxygens (including phenoxy) is 2. The fraction of sp³-hybridized carbons (Fsp3) is 0.829. The monoisotopic (exact) mass is 602 g/mol. The topological polar surface area (TPSA) is 134 Å². The van der Waals surface area contributed by atoms with Gasteiger partial charge in [-0.25, -0.2) is 0 Å². The lowest BCUT2D eigenvalue weighted by Crippen LogP contribution is -2.55. The van der Waals surface area contributed by atoms with Crippen molar-refractivity contribution in [2.45, 2.75) is 143 Å². The molecule has 10 atom stereocenters. The molecule has 10 unspecified atom stereocenters. The first kappa shape index (κ1) is 33.0. The quantitative estimate of drug-likeness (QED) is 0.315. The van der Waals surface area contributed by atoms with Crippen LogP contribution in [-0.2, 0) is 19.1 Å². The van der Waals surface area contributed by atoms with Crippen LogP contribution in [0.15, 0.2) is 22.8 Å². The van der Waals surface area contributed by atoms with Crippen LogP contribution in [0.25, 0.3) is 0 Å². The van der Waals surface area contributed by atoms with Crippen molar-refractivity contribution in [3.05, 3.63) is 22.8 Å². The number of rotatable bonds is 7. The maximum atomic E-state index is 13.8. The second kappa shape index (κ2) is 11.4. The summed E-state index contributed by atoms with van der Waals surface area (Å²) in [5.74, 6) is 0.309. The number of fused-ring (bicyclic) bond motifs is 3. The highest BCUT2D eigenvalue weighted by Gasteiger charge is 2.64. The van der Waals surface area contributed by atoms with Gasteiger partial charge >= 0.3 is 0 Å². The maximum absolute atomic E-state index is 13.8. The molecule has 1 aliphatic heterocycles. The Kier molecular flexibility index (Phi) is 8.76. The van der Waals surface area contributed by atoms with E-state index in [9.17, 15) is 30.0 Å². The smallest absolute Gasteiger partial charge is 0.186 e. The van der Waals surface area contributed by atoms with Gasteiger partial charge in [0, 0.05) is 30.6 Å². The summed E-state index contributed by atoms with van der Waals surface area (Å²) in [7, 11) is 0. The molecule has 4 N–H and O–H groups in total. The minimum Gasteiger partial charge on any atom is -0.390 e. The SMILES string of the molecule is CC(CC(=O)CC(C)(C)O)C1C(=O)CC2(C)C3CCC4=C(CCC(OC5OCC(O)C(O)C5O)C4(C)C)CC3=CCC12C. The highest BCUT2D eigenvalue weighted by molar-refractivity contribution is 5.87. The molecule has 0 aromatic rings. The predicted molar refractivity (Wildman–Crippen MR) is 162 cm³/mol. The Morgan fingerprint density at radius 3 is 2.47 bits per heavy atom. The third kappa shape index (κ3) is 5.74. The van der Waals surface area contributed by atoms with E-state index in [2.05, 4.69) is 33.8 Å². The van der Waals surface area contributed by atoms with Crippen molar-refractivity contribution in [3.8, 4) is 0 Å². The lowest BCUT2D eigenvalue weighted by Gasteiger charge is -2.53. The van der Waals surface area contributed by atoms with Crippen LogP contribution in [0.2, 0.25) is 0 Å². The van der Waals surface area contributed by atoms with Crippen LogP contribution in [0.1, 0.15) is 106 Å². The summed E-state index contributed by atoms with van der Waals surface area (Å²) in [5, 5.41) is 40.7. The zero-order valence-electron chi connectivity index (χ0n) is 27.2. The molecule has 4 aliphatic carbocycles. The van der Waals surface area contributed by atoms with Crippen LogP contribution < -0.4 is 0 Å². The summed E-state index contributed by atoms with van der Waals surface area (Å²) in [6.07, 6.45) is 3.69. The van der Waals surface area contributed by atoms with Gasteiger partial charge in [-0.1, -0.05) is 57.4 Å². The molecule has 2 fully saturated rings. The van der Waals surface area contributed by atoms with E-state index in [1.54, 1.807) is 13.8 Å². The molecule has 0 aromatic carbocycles. The van der Waals surface area contributed by atoms with Crippen molar-refractivity contribution in [1.82, 2.24) is 0 Å².